The van der Waals surface area contributed by atoms with Gasteiger partial charge >= 0.3 is 0 Å². The first kappa shape index (κ1) is 9.05. The number of aliphatic hydroxyl groups excluding tert-OH is 1. The van der Waals surface area contributed by atoms with E-state index in [1.165, 1.54) is 19.3 Å². The molecule has 1 heteroatoms. The molecule has 0 aliphatic heterocycles. The van der Waals surface area contributed by atoms with E-state index in [2.05, 4.69) is 20.8 Å². The van der Waals surface area contributed by atoms with Crippen molar-refractivity contribution in [1.82, 2.24) is 0 Å². The van der Waals surface area contributed by atoms with E-state index in [-0.39, 0.29) is 6.10 Å². The van der Waals surface area contributed by atoms with Crippen LogP contribution in [0.2, 0.25) is 0 Å². The van der Waals surface area contributed by atoms with Crippen LogP contribution in [0.4, 0.5) is 0 Å². The van der Waals surface area contributed by atoms with Crippen molar-refractivity contribution in [3.8, 4) is 0 Å². The fourth-order valence-corrected chi connectivity index (χ4v) is 1.73. The Bertz CT molecular complexity index is 125. The molecular weight excluding hydrogens is 136 g/mol. The molecule has 1 rings (SSSR count). The van der Waals surface area contributed by atoms with Crippen molar-refractivity contribution >= 4 is 0 Å². The number of hydrogen-bond acceptors (Lipinski definition) is 1. The van der Waals surface area contributed by atoms with E-state index in [1.54, 1.807) is 0 Å². The average Bonchev–Trinajstić information content (AvgIpc) is 1.84. The van der Waals surface area contributed by atoms with E-state index in [0.29, 0.717) is 11.3 Å². The molecule has 1 unspecified atom stereocenters. The van der Waals surface area contributed by atoms with Crippen LogP contribution in [0.5, 0.6) is 0 Å². The van der Waals surface area contributed by atoms with Gasteiger partial charge in [-0.05, 0) is 30.6 Å². The van der Waals surface area contributed by atoms with Gasteiger partial charge in [-0.2, -0.15) is 0 Å². The summed E-state index contributed by atoms with van der Waals surface area (Å²) < 4.78 is 0. The van der Waals surface area contributed by atoms with Crippen molar-refractivity contribution in [1.29, 1.82) is 0 Å². The van der Waals surface area contributed by atoms with Crippen LogP contribution in [0.1, 0.15) is 46.5 Å². The lowest BCUT2D eigenvalue weighted by atomic mass is 9.66. The molecule has 0 saturated heterocycles. The van der Waals surface area contributed by atoms with Crippen LogP contribution in [0, 0.1) is 11.3 Å². The highest BCUT2D eigenvalue weighted by Gasteiger charge is 2.34. The van der Waals surface area contributed by atoms with Gasteiger partial charge in [-0.1, -0.05) is 27.2 Å². The molecule has 11 heavy (non-hydrogen) atoms. The second-order valence-corrected chi connectivity index (χ2v) is 4.68. The van der Waals surface area contributed by atoms with Gasteiger partial charge in [-0.25, -0.2) is 0 Å². The van der Waals surface area contributed by atoms with Gasteiger partial charge in [0.2, 0.25) is 0 Å². The molecule has 0 heterocycles. The van der Waals surface area contributed by atoms with Crippen molar-refractivity contribution in [2.24, 2.45) is 11.3 Å². The molecule has 1 saturated carbocycles. The van der Waals surface area contributed by atoms with Gasteiger partial charge in [-0.3, -0.25) is 0 Å². The molecule has 1 nitrogen and oxygen atoms in total. The molecule has 1 fully saturated rings. The molecule has 0 amide bonds. The van der Waals surface area contributed by atoms with Crippen molar-refractivity contribution in [3.63, 3.8) is 0 Å². The maximum atomic E-state index is 9.63. The molecule has 0 bridgehead atoms. The highest BCUT2D eigenvalue weighted by atomic mass is 16.3. The Morgan fingerprint density at radius 1 is 1.36 bits per heavy atom. The summed E-state index contributed by atoms with van der Waals surface area (Å²) in [7, 11) is 0. The molecule has 0 radical (unpaired) electrons. The smallest absolute Gasteiger partial charge is 0.0568 e. The van der Waals surface area contributed by atoms with E-state index < -0.39 is 0 Å². The predicted octanol–water partition coefficient (Wildman–Crippen LogP) is 2.58. The average molecular weight is 156 g/mol. The van der Waals surface area contributed by atoms with Crippen LogP contribution in [0.25, 0.3) is 0 Å². The minimum Gasteiger partial charge on any atom is -0.393 e. The lowest BCUT2D eigenvalue weighted by Gasteiger charge is -2.40. The second kappa shape index (κ2) is 3.14. The lowest BCUT2D eigenvalue weighted by molar-refractivity contribution is 0.0302. The second-order valence-electron chi connectivity index (χ2n) is 4.68. The topological polar surface area (TPSA) is 20.2 Å². The lowest BCUT2D eigenvalue weighted by Crippen LogP contribution is -2.32. The van der Waals surface area contributed by atoms with Crippen molar-refractivity contribution in [2.45, 2.75) is 52.6 Å². The minimum atomic E-state index is -0.0831. The SMILES string of the molecule is CC(C)C(O)CC1(C)CCC1. The van der Waals surface area contributed by atoms with E-state index in [1.807, 2.05) is 0 Å². The van der Waals surface area contributed by atoms with Gasteiger partial charge in [0.15, 0.2) is 0 Å². The Balaban J connectivity index is 2.29. The largest absolute Gasteiger partial charge is 0.393 e. The van der Waals surface area contributed by atoms with Crippen LogP contribution < -0.4 is 0 Å². The summed E-state index contributed by atoms with van der Waals surface area (Å²) in [5, 5.41) is 9.63. The van der Waals surface area contributed by atoms with Crippen molar-refractivity contribution in [3.05, 3.63) is 0 Å². The quantitative estimate of drug-likeness (QED) is 0.666. The molecule has 1 aliphatic rings. The maximum Gasteiger partial charge on any atom is 0.0568 e. The van der Waals surface area contributed by atoms with Crippen LogP contribution in [0.15, 0.2) is 0 Å². The Morgan fingerprint density at radius 3 is 2.18 bits per heavy atom. The van der Waals surface area contributed by atoms with Crippen LogP contribution in [0.3, 0.4) is 0 Å². The highest BCUT2D eigenvalue weighted by Crippen LogP contribution is 2.44. The third-order valence-corrected chi connectivity index (χ3v) is 3.03. The molecular formula is C10H20O. The van der Waals surface area contributed by atoms with Crippen molar-refractivity contribution in [2.75, 3.05) is 0 Å². The van der Waals surface area contributed by atoms with Crippen LogP contribution in [-0.2, 0) is 0 Å². The first-order chi connectivity index (χ1) is 5.03. The monoisotopic (exact) mass is 156 g/mol. The number of aliphatic hydroxyl groups is 1. The zero-order chi connectivity index (χ0) is 8.48. The molecule has 0 aromatic heterocycles. The summed E-state index contributed by atoms with van der Waals surface area (Å²) in [4.78, 5) is 0. The minimum absolute atomic E-state index is 0.0831. The fourth-order valence-electron chi connectivity index (χ4n) is 1.73. The van der Waals surface area contributed by atoms with Gasteiger partial charge in [0.1, 0.15) is 0 Å². The van der Waals surface area contributed by atoms with Gasteiger partial charge in [0.05, 0.1) is 6.10 Å². The third kappa shape index (κ3) is 2.19. The van der Waals surface area contributed by atoms with E-state index in [0.717, 1.165) is 6.42 Å². The first-order valence-corrected chi connectivity index (χ1v) is 4.72. The Kier molecular flexibility index (Phi) is 2.58. The number of rotatable bonds is 3. The van der Waals surface area contributed by atoms with Gasteiger partial charge in [0.25, 0.3) is 0 Å². The summed E-state index contributed by atoms with van der Waals surface area (Å²) in [5.74, 6) is 0.424. The van der Waals surface area contributed by atoms with E-state index in [9.17, 15) is 5.11 Å². The summed E-state index contributed by atoms with van der Waals surface area (Å²) in [6, 6.07) is 0. The molecule has 66 valence electrons. The normalized spacial score (nSPS) is 24.8. The molecule has 1 N–H and O–H groups in total. The standard InChI is InChI=1S/C10H20O/c1-8(2)9(11)7-10(3)5-4-6-10/h8-9,11H,4-7H2,1-3H3. The van der Waals surface area contributed by atoms with Gasteiger partial charge in [-0.15, -0.1) is 0 Å². The number of hydrogen-bond donors (Lipinski definition) is 1. The Morgan fingerprint density at radius 2 is 1.91 bits per heavy atom. The fraction of sp³-hybridized carbons (Fsp3) is 1.00. The molecule has 0 aromatic rings. The third-order valence-electron chi connectivity index (χ3n) is 3.03. The molecule has 0 aromatic carbocycles. The van der Waals surface area contributed by atoms with Crippen molar-refractivity contribution < 1.29 is 5.11 Å². The summed E-state index contributed by atoms with van der Waals surface area (Å²) in [6.07, 6.45) is 4.92. The van der Waals surface area contributed by atoms with Crippen LogP contribution >= 0.6 is 0 Å². The van der Waals surface area contributed by atoms with Gasteiger partial charge < -0.3 is 5.11 Å². The summed E-state index contributed by atoms with van der Waals surface area (Å²) >= 11 is 0. The zero-order valence-corrected chi connectivity index (χ0v) is 7.93. The predicted molar refractivity (Wildman–Crippen MR) is 47.4 cm³/mol. The summed E-state index contributed by atoms with van der Waals surface area (Å²) in [5.41, 5.74) is 0.476. The highest BCUT2D eigenvalue weighted by molar-refractivity contribution is 4.85. The molecule has 1 aliphatic carbocycles. The Hall–Kier alpha value is -0.0400. The molecule has 1 atom stereocenters. The van der Waals surface area contributed by atoms with E-state index >= 15 is 0 Å². The Labute approximate surface area is 69.8 Å². The van der Waals surface area contributed by atoms with Crippen LogP contribution in [-0.4, -0.2) is 11.2 Å². The zero-order valence-electron chi connectivity index (χ0n) is 7.93. The first-order valence-electron chi connectivity index (χ1n) is 4.72. The maximum absolute atomic E-state index is 9.63. The summed E-state index contributed by atoms with van der Waals surface area (Å²) in [6.45, 7) is 6.47. The van der Waals surface area contributed by atoms with E-state index in [4.69, 9.17) is 0 Å². The van der Waals surface area contributed by atoms with Gasteiger partial charge in [0, 0.05) is 0 Å². The molecule has 0 spiro atoms.